The van der Waals surface area contributed by atoms with Gasteiger partial charge < -0.3 is 15.8 Å². The largest absolute Gasteiger partial charge is 0.465 e. The van der Waals surface area contributed by atoms with Crippen molar-refractivity contribution in [3.05, 3.63) is 36.2 Å². The highest BCUT2D eigenvalue weighted by molar-refractivity contribution is 5.94. The predicted molar refractivity (Wildman–Crippen MR) is 94.7 cm³/mol. The molecule has 0 aliphatic carbocycles. The number of carbonyl (C=O) groups is 2. The lowest BCUT2D eigenvalue weighted by Crippen LogP contribution is -2.56. The monoisotopic (exact) mass is 342 g/mol. The van der Waals surface area contributed by atoms with Crippen molar-refractivity contribution >= 4 is 28.6 Å². The van der Waals surface area contributed by atoms with Gasteiger partial charge in [0.15, 0.2) is 0 Å². The second-order valence-corrected chi connectivity index (χ2v) is 7.44. The van der Waals surface area contributed by atoms with E-state index in [2.05, 4.69) is 9.97 Å². The molecule has 3 heterocycles. The third-order valence-electron chi connectivity index (χ3n) is 4.66. The quantitative estimate of drug-likeness (QED) is 0.778. The smallest absolute Gasteiger partial charge is 0.407 e. The molecule has 2 amide bonds. The fraction of sp³-hybridized carbons (Fsp3) is 0.389. The van der Waals surface area contributed by atoms with Crippen LogP contribution in [0.5, 0.6) is 0 Å². The summed E-state index contributed by atoms with van der Waals surface area (Å²) in [7, 11) is 0. The van der Waals surface area contributed by atoms with Crippen molar-refractivity contribution in [3.63, 3.8) is 0 Å². The number of fused-ring (bicyclic) bond motifs is 1. The van der Waals surface area contributed by atoms with E-state index in [9.17, 15) is 14.7 Å². The molecule has 3 rings (SSSR count). The van der Waals surface area contributed by atoms with E-state index >= 15 is 0 Å². The van der Waals surface area contributed by atoms with Crippen molar-refractivity contribution in [1.29, 1.82) is 0 Å². The van der Waals surface area contributed by atoms with E-state index < -0.39 is 29.4 Å². The lowest BCUT2D eigenvalue weighted by Gasteiger charge is -2.44. The van der Waals surface area contributed by atoms with Gasteiger partial charge >= 0.3 is 6.09 Å². The van der Waals surface area contributed by atoms with Crippen molar-refractivity contribution in [2.75, 3.05) is 6.54 Å². The Morgan fingerprint density at radius 1 is 1.40 bits per heavy atom. The van der Waals surface area contributed by atoms with E-state index in [-0.39, 0.29) is 6.54 Å². The van der Waals surface area contributed by atoms with E-state index in [4.69, 9.17) is 5.73 Å². The van der Waals surface area contributed by atoms with Crippen LogP contribution in [-0.2, 0) is 4.79 Å². The molecule has 0 saturated carbocycles. The van der Waals surface area contributed by atoms with E-state index in [0.29, 0.717) is 5.65 Å². The normalized spacial score (nSPS) is 21.2. The van der Waals surface area contributed by atoms with E-state index in [0.717, 1.165) is 16.5 Å². The molecular formula is C18H22N4O3. The molecule has 2 atom stereocenters. The molecule has 25 heavy (non-hydrogen) atoms. The summed E-state index contributed by atoms with van der Waals surface area (Å²) in [5.41, 5.74) is 7.51. The standard InChI is InChI=1S/C18H22N4O3/c1-18(2,3)14-12(15(19)23)7-10(9-22(14)17(24)25)13-8-21-16-11(13)5-4-6-20-16/h4-8,12,14H,9H2,1-3H3,(H2,19,23)(H,20,21)(H,24,25). The lowest BCUT2D eigenvalue weighted by molar-refractivity contribution is -0.123. The van der Waals surface area contributed by atoms with Gasteiger partial charge in [-0.3, -0.25) is 9.69 Å². The van der Waals surface area contributed by atoms with Gasteiger partial charge in [0.05, 0.1) is 12.0 Å². The van der Waals surface area contributed by atoms with Gasteiger partial charge in [-0.05, 0) is 23.1 Å². The minimum absolute atomic E-state index is 0.197. The average Bonchev–Trinajstić information content (AvgIpc) is 2.96. The molecule has 2 aromatic rings. The van der Waals surface area contributed by atoms with Crippen LogP contribution in [0.4, 0.5) is 4.79 Å². The first-order valence-electron chi connectivity index (χ1n) is 8.12. The van der Waals surface area contributed by atoms with Crippen LogP contribution in [0.1, 0.15) is 26.3 Å². The topological polar surface area (TPSA) is 112 Å². The Labute approximate surface area is 145 Å². The van der Waals surface area contributed by atoms with Crippen molar-refractivity contribution in [3.8, 4) is 0 Å². The van der Waals surface area contributed by atoms with Gasteiger partial charge in [-0.15, -0.1) is 0 Å². The maximum Gasteiger partial charge on any atom is 0.407 e. The molecule has 2 aromatic heterocycles. The number of amides is 2. The molecule has 0 spiro atoms. The molecule has 4 N–H and O–H groups in total. The summed E-state index contributed by atoms with van der Waals surface area (Å²) < 4.78 is 0. The molecule has 1 aliphatic rings. The molecule has 0 saturated heterocycles. The van der Waals surface area contributed by atoms with Crippen molar-refractivity contribution in [1.82, 2.24) is 14.9 Å². The van der Waals surface area contributed by atoms with E-state index in [1.807, 2.05) is 39.0 Å². The van der Waals surface area contributed by atoms with Gasteiger partial charge in [-0.2, -0.15) is 0 Å². The van der Waals surface area contributed by atoms with Crippen LogP contribution in [0.3, 0.4) is 0 Å². The zero-order chi connectivity index (χ0) is 18.4. The number of nitrogens with zero attached hydrogens (tertiary/aromatic N) is 2. The third-order valence-corrected chi connectivity index (χ3v) is 4.66. The third kappa shape index (κ3) is 2.97. The van der Waals surface area contributed by atoms with Crippen LogP contribution >= 0.6 is 0 Å². The summed E-state index contributed by atoms with van der Waals surface area (Å²) in [5, 5.41) is 10.6. The van der Waals surface area contributed by atoms with Gasteiger partial charge in [0.1, 0.15) is 5.65 Å². The first-order chi connectivity index (χ1) is 11.7. The molecule has 7 nitrogen and oxygen atoms in total. The SMILES string of the molecule is CC(C)(C)C1C(C(N)=O)C=C(c2c[nH]c3ncccc23)CN1C(=O)O. The van der Waals surface area contributed by atoms with E-state index in [1.165, 1.54) is 4.90 Å². The average molecular weight is 342 g/mol. The molecule has 7 heteroatoms. The lowest BCUT2D eigenvalue weighted by atomic mass is 9.74. The highest BCUT2D eigenvalue weighted by Crippen LogP contribution is 2.38. The summed E-state index contributed by atoms with van der Waals surface area (Å²) >= 11 is 0. The van der Waals surface area contributed by atoms with Crippen LogP contribution in [0.15, 0.2) is 30.6 Å². The second-order valence-electron chi connectivity index (χ2n) is 7.44. The first kappa shape index (κ1) is 17.0. The number of aromatic amines is 1. The summed E-state index contributed by atoms with van der Waals surface area (Å²) in [6, 6.07) is 3.21. The first-order valence-corrected chi connectivity index (χ1v) is 8.12. The molecule has 0 radical (unpaired) electrons. The fourth-order valence-electron chi connectivity index (χ4n) is 3.66. The Morgan fingerprint density at radius 2 is 2.12 bits per heavy atom. The highest BCUT2D eigenvalue weighted by atomic mass is 16.4. The maximum absolute atomic E-state index is 12.1. The van der Waals surface area contributed by atoms with Crippen LogP contribution in [-0.4, -0.2) is 44.6 Å². The number of primary amides is 1. The summed E-state index contributed by atoms with van der Waals surface area (Å²) in [6.45, 7) is 5.94. The van der Waals surface area contributed by atoms with Gasteiger partial charge in [0.2, 0.25) is 5.91 Å². The Balaban J connectivity index is 2.15. The molecule has 2 unspecified atom stereocenters. The Kier molecular flexibility index (Phi) is 4.02. The van der Waals surface area contributed by atoms with Crippen LogP contribution in [0.25, 0.3) is 16.6 Å². The number of carboxylic acid groups (broad SMARTS) is 1. The number of pyridine rings is 1. The number of carbonyl (C=O) groups excluding carboxylic acids is 1. The zero-order valence-electron chi connectivity index (χ0n) is 14.5. The Bertz CT molecular complexity index is 863. The molecule has 132 valence electrons. The van der Waals surface area contributed by atoms with Crippen LogP contribution in [0.2, 0.25) is 0 Å². The second kappa shape index (κ2) is 5.91. The number of rotatable bonds is 2. The van der Waals surface area contributed by atoms with Crippen LogP contribution < -0.4 is 5.73 Å². The minimum atomic E-state index is -1.06. The number of aromatic nitrogens is 2. The van der Waals surface area contributed by atoms with Crippen molar-refractivity contribution < 1.29 is 14.7 Å². The van der Waals surface area contributed by atoms with Gasteiger partial charge in [0, 0.05) is 29.9 Å². The van der Waals surface area contributed by atoms with E-state index in [1.54, 1.807) is 12.4 Å². The Hall–Kier alpha value is -2.83. The molecule has 0 fully saturated rings. The van der Waals surface area contributed by atoms with Gasteiger partial charge in [-0.1, -0.05) is 26.8 Å². The van der Waals surface area contributed by atoms with Crippen molar-refractivity contribution in [2.45, 2.75) is 26.8 Å². The fourth-order valence-corrected chi connectivity index (χ4v) is 3.66. The summed E-state index contributed by atoms with van der Waals surface area (Å²) in [5.74, 6) is -1.22. The number of nitrogens with one attached hydrogen (secondary N) is 1. The van der Waals surface area contributed by atoms with Gasteiger partial charge in [-0.25, -0.2) is 9.78 Å². The highest BCUT2D eigenvalue weighted by Gasteiger charge is 2.44. The number of nitrogens with two attached hydrogens (primary N) is 1. The molecule has 1 aliphatic heterocycles. The Morgan fingerprint density at radius 3 is 2.72 bits per heavy atom. The molecular weight excluding hydrogens is 320 g/mol. The number of hydrogen-bond acceptors (Lipinski definition) is 3. The van der Waals surface area contributed by atoms with Crippen LogP contribution in [0, 0.1) is 11.3 Å². The maximum atomic E-state index is 12.1. The van der Waals surface area contributed by atoms with Crippen molar-refractivity contribution in [2.24, 2.45) is 17.1 Å². The van der Waals surface area contributed by atoms with Gasteiger partial charge in [0.25, 0.3) is 0 Å². The predicted octanol–water partition coefficient (Wildman–Crippen LogP) is 2.46. The minimum Gasteiger partial charge on any atom is -0.465 e. The zero-order valence-corrected chi connectivity index (χ0v) is 14.5. The number of hydrogen-bond donors (Lipinski definition) is 3. The molecule has 0 aromatic carbocycles. The number of H-pyrrole nitrogens is 1. The molecule has 0 bridgehead atoms. The summed E-state index contributed by atoms with van der Waals surface area (Å²) in [6.07, 6.45) is 4.23. The summed E-state index contributed by atoms with van der Waals surface area (Å²) in [4.78, 5) is 32.6.